The first kappa shape index (κ1) is 15.1. The molecule has 0 spiro atoms. The standard InChI is InChI=1S/C16H15BrN6O/c17-12-7-11-10-23(21-15(11)19-9-12)14-8-13(3-4-18-14)20-16(24)22-5-1-2-6-22/h3-4,7-10H,1-2,5-6H2,(H,18,20,24). The van der Waals surface area contributed by atoms with Gasteiger partial charge in [0.2, 0.25) is 0 Å². The minimum absolute atomic E-state index is 0.0686. The second kappa shape index (κ2) is 6.20. The van der Waals surface area contributed by atoms with E-state index in [1.54, 1.807) is 29.2 Å². The lowest BCUT2D eigenvalue weighted by Gasteiger charge is -2.16. The Balaban J connectivity index is 1.60. The molecule has 4 rings (SSSR count). The van der Waals surface area contributed by atoms with Gasteiger partial charge in [0.25, 0.3) is 0 Å². The molecule has 0 radical (unpaired) electrons. The van der Waals surface area contributed by atoms with Crippen molar-refractivity contribution in [3.63, 3.8) is 0 Å². The largest absolute Gasteiger partial charge is 0.325 e. The number of rotatable bonds is 2. The van der Waals surface area contributed by atoms with E-state index in [9.17, 15) is 4.79 Å². The fraction of sp³-hybridized carbons (Fsp3) is 0.250. The first-order valence-corrected chi connectivity index (χ1v) is 8.52. The lowest BCUT2D eigenvalue weighted by Crippen LogP contribution is -2.32. The van der Waals surface area contributed by atoms with Crippen LogP contribution in [0.5, 0.6) is 0 Å². The number of nitrogens with one attached hydrogen (secondary N) is 1. The quantitative estimate of drug-likeness (QED) is 0.733. The summed E-state index contributed by atoms with van der Waals surface area (Å²) in [5, 5.41) is 8.26. The molecule has 1 saturated heterocycles. The van der Waals surface area contributed by atoms with Crippen molar-refractivity contribution in [2.45, 2.75) is 12.8 Å². The molecule has 4 heterocycles. The molecule has 0 aromatic carbocycles. The highest BCUT2D eigenvalue weighted by molar-refractivity contribution is 9.10. The van der Waals surface area contributed by atoms with Gasteiger partial charge in [-0.15, -0.1) is 5.10 Å². The van der Waals surface area contributed by atoms with Crippen LogP contribution in [0.2, 0.25) is 0 Å². The number of urea groups is 1. The number of aromatic nitrogens is 4. The molecule has 0 atom stereocenters. The average molecular weight is 387 g/mol. The number of amides is 2. The van der Waals surface area contributed by atoms with Crippen molar-refractivity contribution in [2.75, 3.05) is 18.4 Å². The van der Waals surface area contributed by atoms with Crippen LogP contribution in [0, 0.1) is 0 Å². The van der Waals surface area contributed by atoms with Crippen LogP contribution in [0.4, 0.5) is 10.5 Å². The van der Waals surface area contributed by atoms with Gasteiger partial charge < -0.3 is 10.2 Å². The Morgan fingerprint density at radius 1 is 1.21 bits per heavy atom. The maximum atomic E-state index is 12.2. The smallest absolute Gasteiger partial charge is 0.321 e. The SMILES string of the molecule is O=C(Nc1ccnc(-n2cc3cc(Br)cnc3n2)c1)N1CCCC1. The lowest BCUT2D eigenvalue weighted by atomic mass is 10.3. The van der Waals surface area contributed by atoms with Crippen LogP contribution in [0.1, 0.15) is 12.8 Å². The molecule has 3 aromatic heterocycles. The topological polar surface area (TPSA) is 75.9 Å². The number of hydrogen-bond donors (Lipinski definition) is 1. The Hall–Kier alpha value is -2.48. The highest BCUT2D eigenvalue weighted by Crippen LogP contribution is 2.19. The summed E-state index contributed by atoms with van der Waals surface area (Å²) in [6.45, 7) is 1.63. The van der Waals surface area contributed by atoms with E-state index >= 15 is 0 Å². The van der Waals surface area contributed by atoms with E-state index < -0.39 is 0 Å². The van der Waals surface area contributed by atoms with Crippen molar-refractivity contribution in [2.24, 2.45) is 0 Å². The predicted molar refractivity (Wildman–Crippen MR) is 94.2 cm³/mol. The Labute approximate surface area is 146 Å². The summed E-state index contributed by atoms with van der Waals surface area (Å²) in [4.78, 5) is 22.6. The molecule has 1 aliphatic rings. The van der Waals surface area contributed by atoms with Gasteiger partial charge in [-0.05, 0) is 40.9 Å². The first-order valence-electron chi connectivity index (χ1n) is 7.72. The number of nitrogens with zero attached hydrogens (tertiary/aromatic N) is 5. The van der Waals surface area contributed by atoms with Gasteiger partial charge in [-0.3, -0.25) is 0 Å². The van der Waals surface area contributed by atoms with Crippen LogP contribution in [0.15, 0.2) is 41.3 Å². The van der Waals surface area contributed by atoms with Crippen LogP contribution in [0.3, 0.4) is 0 Å². The summed E-state index contributed by atoms with van der Waals surface area (Å²) < 4.78 is 2.56. The zero-order valence-corrected chi connectivity index (χ0v) is 14.4. The Morgan fingerprint density at radius 3 is 2.88 bits per heavy atom. The minimum Gasteiger partial charge on any atom is -0.325 e. The number of fused-ring (bicyclic) bond motifs is 1. The fourth-order valence-corrected chi connectivity index (χ4v) is 3.10. The Kier molecular flexibility index (Phi) is 3.89. The normalized spacial score (nSPS) is 14.3. The summed E-state index contributed by atoms with van der Waals surface area (Å²) >= 11 is 3.40. The number of carbonyl (C=O) groups is 1. The number of carbonyl (C=O) groups excluding carboxylic acids is 1. The van der Waals surface area contributed by atoms with E-state index in [1.165, 1.54) is 0 Å². The zero-order chi connectivity index (χ0) is 16.5. The second-order valence-electron chi connectivity index (χ2n) is 5.67. The van der Waals surface area contributed by atoms with E-state index in [0.717, 1.165) is 35.8 Å². The molecule has 0 unspecified atom stereocenters. The molecule has 2 amide bonds. The molecule has 3 aromatic rings. The molecule has 24 heavy (non-hydrogen) atoms. The highest BCUT2D eigenvalue weighted by atomic mass is 79.9. The van der Waals surface area contributed by atoms with Gasteiger partial charge in [0, 0.05) is 53.3 Å². The molecule has 1 aliphatic heterocycles. The number of likely N-dealkylation sites (tertiary alicyclic amines) is 1. The van der Waals surface area contributed by atoms with Gasteiger partial charge >= 0.3 is 6.03 Å². The van der Waals surface area contributed by atoms with E-state index in [1.807, 2.05) is 17.2 Å². The predicted octanol–water partition coefficient (Wildman–Crippen LogP) is 3.21. The minimum atomic E-state index is -0.0686. The van der Waals surface area contributed by atoms with Crippen LogP contribution in [-0.4, -0.2) is 43.8 Å². The van der Waals surface area contributed by atoms with Crippen LogP contribution >= 0.6 is 15.9 Å². The molecule has 0 saturated carbocycles. The van der Waals surface area contributed by atoms with Gasteiger partial charge in [-0.2, -0.15) is 0 Å². The van der Waals surface area contributed by atoms with Gasteiger partial charge in [0.05, 0.1) is 0 Å². The summed E-state index contributed by atoms with van der Waals surface area (Å²) in [6.07, 6.45) is 7.36. The maximum Gasteiger partial charge on any atom is 0.321 e. The molecule has 7 nitrogen and oxygen atoms in total. The number of hydrogen-bond acceptors (Lipinski definition) is 4. The third-order valence-corrected chi connectivity index (χ3v) is 4.38. The summed E-state index contributed by atoms with van der Waals surface area (Å²) in [5.74, 6) is 0.628. The monoisotopic (exact) mass is 386 g/mol. The zero-order valence-electron chi connectivity index (χ0n) is 12.8. The van der Waals surface area contributed by atoms with E-state index in [2.05, 4.69) is 36.3 Å². The second-order valence-corrected chi connectivity index (χ2v) is 6.58. The van der Waals surface area contributed by atoms with Gasteiger partial charge in [0.1, 0.15) is 0 Å². The molecule has 8 heteroatoms. The van der Waals surface area contributed by atoms with Gasteiger partial charge in [0.15, 0.2) is 11.5 Å². The maximum absolute atomic E-state index is 12.2. The number of halogens is 1. The summed E-state index contributed by atoms with van der Waals surface area (Å²) in [5.41, 5.74) is 1.34. The van der Waals surface area contributed by atoms with E-state index in [0.29, 0.717) is 17.2 Å². The molecule has 0 bridgehead atoms. The lowest BCUT2D eigenvalue weighted by molar-refractivity contribution is 0.222. The highest BCUT2D eigenvalue weighted by Gasteiger charge is 2.18. The average Bonchev–Trinajstić information content (AvgIpc) is 3.24. The fourth-order valence-electron chi connectivity index (χ4n) is 2.75. The molecule has 1 N–H and O–H groups in total. The third-order valence-electron chi connectivity index (χ3n) is 3.95. The van der Waals surface area contributed by atoms with E-state index in [-0.39, 0.29) is 6.03 Å². The number of pyridine rings is 2. The van der Waals surface area contributed by atoms with Crippen LogP contribution < -0.4 is 5.32 Å². The third kappa shape index (κ3) is 2.96. The van der Waals surface area contributed by atoms with Gasteiger partial charge in [-0.1, -0.05) is 0 Å². The van der Waals surface area contributed by atoms with Crippen LogP contribution in [0.25, 0.3) is 16.9 Å². The summed E-state index contributed by atoms with van der Waals surface area (Å²) in [7, 11) is 0. The van der Waals surface area contributed by atoms with Crippen molar-refractivity contribution in [3.05, 3.63) is 41.3 Å². The summed E-state index contributed by atoms with van der Waals surface area (Å²) in [6, 6.07) is 5.45. The van der Waals surface area contributed by atoms with Crippen molar-refractivity contribution in [1.29, 1.82) is 0 Å². The Bertz CT molecular complexity index is 902. The molecular formula is C16H15BrN6O. The Morgan fingerprint density at radius 2 is 2.04 bits per heavy atom. The molecule has 1 fully saturated rings. The molecular weight excluding hydrogens is 372 g/mol. The van der Waals surface area contributed by atoms with Crippen LogP contribution in [-0.2, 0) is 0 Å². The van der Waals surface area contributed by atoms with Crippen molar-refractivity contribution in [3.8, 4) is 5.82 Å². The number of anilines is 1. The van der Waals surface area contributed by atoms with Crippen molar-refractivity contribution >= 4 is 38.7 Å². The first-order chi connectivity index (χ1) is 11.7. The van der Waals surface area contributed by atoms with E-state index in [4.69, 9.17) is 0 Å². The molecule has 0 aliphatic carbocycles. The van der Waals surface area contributed by atoms with Gasteiger partial charge in [-0.25, -0.2) is 19.4 Å². The van der Waals surface area contributed by atoms with Crippen molar-refractivity contribution < 1.29 is 4.79 Å². The van der Waals surface area contributed by atoms with Crippen molar-refractivity contribution in [1.82, 2.24) is 24.6 Å². The molecule has 122 valence electrons.